The van der Waals surface area contributed by atoms with E-state index in [0.717, 1.165) is 31.2 Å². The molecule has 1 aliphatic carbocycles. The molecule has 0 aromatic heterocycles. The van der Waals surface area contributed by atoms with Gasteiger partial charge in [0.15, 0.2) is 11.5 Å². The molecule has 1 saturated carbocycles. The number of carbonyl (C=O) groups is 1. The average molecular weight is 349 g/mol. The van der Waals surface area contributed by atoms with E-state index in [1.165, 1.54) is 11.8 Å². The number of hydrogen-bond donors (Lipinski definition) is 1. The van der Waals surface area contributed by atoms with Crippen molar-refractivity contribution in [2.24, 2.45) is 0 Å². The number of amides is 1. The Balaban J connectivity index is 1.84. The zero-order chi connectivity index (χ0) is 16.4. The molecule has 6 heteroatoms. The zero-order valence-electron chi connectivity index (χ0n) is 12.9. The Hall–Kier alpha value is -1.53. The highest BCUT2D eigenvalue weighted by Crippen LogP contribution is 2.38. The number of rotatable bonds is 4. The van der Waals surface area contributed by atoms with Gasteiger partial charge < -0.3 is 9.84 Å². The summed E-state index contributed by atoms with van der Waals surface area (Å²) in [4.78, 5) is 15.1. The Morgan fingerprint density at radius 3 is 2.87 bits per heavy atom. The van der Waals surface area contributed by atoms with Crippen LogP contribution in [0, 0.1) is 0 Å². The van der Waals surface area contributed by atoms with Gasteiger partial charge in [-0.25, -0.2) is 0 Å². The van der Waals surface area contributed by atoms with Gasteiger partial charge in [-0.15, -0.1) is 0 Å². The maximum absolute atomic E-state index is 12.7. The van der Waals surface area contributed by atoms with Crippen molar-refractivity contribution < 1.29 is 14.6 Å². The van der Waals surface area contributed by atoms with Crippen molar-refractivity contribution in [3.05, 3.63) is 28.7 Å². The lowest BCUT2D eigenvalue weighted by molar-refractivity contribution is -0.123. The molecule has 2 aliphatic rings. The van der Waals surface area contributed by atoms with E-state index in [2.05, 4.69) is 0 Å². The number of benzene rings is 1. The van der Waals surface area contributed by atoms with Gasteiger partial charge in [0.25, 0.3) is 5.91 Å². The molecular weight excluding hydrogens is 330 g/mol. The highest BCUT2D eigenvalue weighted by atomic mass is 32.2. The van der Waals surface area contributed by atoms with Crippen LogP contribution in [0.4, 0.5) is 0 Å². The van der Waals surface area contributed by atoms with Crippen molar-refractivity contribution in [1.82, 2.24) is 4.90 Å². The first-order chi connectivity index (χ1) is 11.1. The van der Waals surface area contributed by atoms with E-state index < -0.39 is 0 Å². The van der Waals surface area contributed by atoms with Crippen LogP contribution in [0.25, 0.3) is 6.08 Å². The average Bonchev–Trinajstić information content (AvgIpc) is 3.12. The predicted molar refractivity (Wildman–Crippen MR) is 96.5 cm³/mol. The van der Waals surface area contributed by atoms with Gasteiger partial charge in [-0.1, -0.05) is 42.9 Å². The first kappa shape index (κ1) is 16.3. The minimum absolute atomic E-state index is 0.00191. The van der Waals surface area contributed by atoms with Crippen LogP contribution in [-0.4, -0.2) is 32.9 Å². The fourth-order valence-corrected chi connectivity index (χ4v) is 4.40. The minimum Gasteiger partial charge on any atom is -0.504 e. The molecule has 1 aliphatic heterocycles. The minimum atomic E-state index is -0.00191. The topological polar surface area (TPSA) is 49.8 Å². The maximum Gasteiger partial charge on any atom is 0.266 e. The summed E-state index contributed by atoms with van der Waals surface area (Å²) in [6.07, 6.45) is 6.21. The third-order valence-electron chi connectivity index (χ3n) is 4.09. The third kappa shape index (κ3) is 3.38. The van der Waals surface area contributed by atoms with E-state index in [1.807, 2.05) is 13.0 Å². The summed E-state index contributed by atoms with van der Waals surface area (Å²) < 4.78 is 6.03. The van der Waals surface area contributed by atoms with Gasteiger partial charge >= 0.3 is 0 Å². The molecule has 0 radical (unpaired) electrons. The van der Waals surface area contributed by atoms with Crippen LogP contribution in [0.3, 0.4) is 0 Å². The van der Waals surface area contributed by atoms with Crippen LogP contribution in [0.1, 0.15) is 38.2 Å². The first-order valence-corrected chi connectivity index (χ1v) is 9.05. The van der Waals surface area contributed by atoms with Crippen molar-refractivity contribution in [3.8, 4) is 11.5 Å². The van der Waals surface area contributed by atoms with E-state index >= 15 is 0 Å². The highest BCUT2D eigenvalue weighted by molar-refractivity contribution is 8.26. The normalized spacial score (nSPS) is 20.7. The van der Waals surface area contributed by atoms with Gasteiger partial charge in [-0.2, -0.15) is 0 Å². The van der Waals surface area contributed by atoms with Crippen LogP contribution in [0.2, 0.25) is 0 Å². The molecule has 1 aromatic rings. The van der Waals surface area contributed by atoms with Gasteiger partial charge in [-0.05, 0) is 43.5 Å². The van der Waals surface area contributed by atoms with E-state index in [4.69, 9.17) is 17.0 Å². The molecule has 1 aromatic carbocycles. The fourth-order valence-electron chi connectivity index (χ4n) is 3.00. The summed E-state index contributed by atoms with van der Waals surface area (Å²) in [6, 6.07) is 5.34. The molecule has 0 bridgehead atoms. The molecule has 23 heavy (non-hydrogen) atoms. The Morgan fingerprint density at radius 2 is 2.17 bits per heavy atom. The van der Waals surface area contributed by atoms with Crippen molar-refractivity contribution >= 4 is 40.3 Å². The summed E-state index contributed by atoms with van der Waals surface area (Å²) in [5.74, 6) is 0.521. The number of phenolic OH excluding ortho intramolecular Hbond substituents is 1. The van der Waals surface area contributed by atoms with E-state index in [1.54, 1.807) is 23.1 Å². The number of phenols is 1. The molecule has 1 amide bonds. The Labute approximate surface area is 145 Å². The lowest BCUT2D eigenvalue weighted by Crippen LogP contribution is -2.36. The van der Waals surface area contributed by atoms with Crippen LogP contribution in [-0.2, 0) is 4.79 Å². The zero-order valence-corrected chi connectivity index (χ0v) is 14.6. The molecule has 1 N–H and O–H groups in total. The van der Waals surface area contributed by atoms with Gasteiger partial charge in [0.05, 0.1) is 11.5 Å². The standard InChI is InChI=1S/C17H19NO3S2/c1-2-21-14-9-11(7-8-13(14)19)10-15-16(20)18(17(22)23-15)12-5-3-4-6-12/h7-10,12,19H,2-6H2,1H3. The Morgan fingerprint density at radius 1 is 1.43 bits per heavy atom. The number of ether oxygens (including phenoxy) is 1. The molecule has 122 valence electrons. The molecule has 4 nitrogen and oxygen atoms in total. The SMILES string of the molecule is CCOc1cc(C=C2SC(=S)N(C3CCCC3)C2=O)ccc1O. The van der Waals surface area contributed by atoms with Crippen LogP contribution in [0.5, 0.6) is 11.5 Å². The summed E-state index contributed by atoms with van der Waals surface area (Å²) in [7, 11) is 0. The highest BCUT2D eigenvalue weighted by Gasteiger charge is 2.38. The van der Waals surface area contributed by atoms with Gasteiger partial charge in [-0.3, -0.25) is 9.69 Å². The maximum atomic E-state index is 12.7. The summed E-state index contributed by atoms with van der Waals surface area (Å²) in [5.41, 5.74) is 0.818. The molecule has 0 atom stereocenters. The first-order valence-electron chi connectivity index (χ1n) is 7.83. The third-order valence-corrected chi connectivity index (χ3v) is 5.43. The number of aromatic hydroxyl groups is 1. The quantitative estimate of drug-likeness (QED) is 0.659. The molecule has 2 fully saturated rings. The lowest BCUT2D eigenvalue weighted by Gasteiger charge is -2.21. The molecule has 0 unspecified atom stereocenters. The molecule has 3 rings (SSSR count). The largest absolute Gasteiger partial charge is 0.504 e. The van der Waals surface area contributed by atoms with Gasteiger partial charge in [0.1, 0.15) is 4.32 Å². The lowest BCUT2D eigenvalue weighted by atomic mass is 10.1. The molecule has 1 heterocycles. The number of hydrogen-bond acceptors (Lipinski definition) is 5. The van der Waals surface area contributed by atoms with Crippen LogP contribution >= 0.6 is 24.0 Å². The Kier molecular flexibility index (Phi) is 4.92. The Bertz CT molecular complexity index is 666. The second kappa shape index (κ2) is 6.93. The van der Waals surface area contributed by atoms with Gasteiger partial charge in [0, 0.05) is 6.04 Å². The van der Waals surface area contributed by atoms with Crippen molar-refractivity contribution in [2.75, 3.05) is 6.61 Å². The van der Waals surface area contributed by atoms with E-state index in [0.29, 0.717) is 21.6 Å². The van der Waals surface area contributed by atoms with E-state index in [9.17, 15) is 9.90 Å². The second-order valence-corrected chi connectivity index (χ2v) is 7.33. The summed E-state index contributed by atoms with van der Waals surface area (Å²) in [5, 5.41) is 9.76. The molecular formula is C17H19NO3S2. The van der Waals surface area contributed by atoms with Crippen molar-refractivity contribution in [3.63, 3.8) is 0 Å². The molecule has 1 saturated heterocycles. The second-order valence-electron chi connectivity index (χ2n) is 5.65. The van der Waals surface area contributed by atoms with Crippen LogP contribution < -0.4 is 4.74 Å². The monoisotopic (exact) mass is 349 g/mol. The van der Waals surface area contributed by atoms with Gasteiger partial charge in [0.2, 0.25) is 0 Å². The summed E-state index contributed by atoms with van der Waals surface area (Å²) >= 11 is 6.75. The predicted octanol–water partition coefficient (Wildman–Crippen LogP) is 3.93. The number of nitrogens with zero attached hydrogens (tertiary/aromatic N) is 1. The fraction of sp³-hybridized carbons (Fsp3) is 0.412. The smallest absolute Gasteiger partial charge is 0.266 e. The van der Waals surface area contributed by atoms with Crippen molar-refractivity contribution in [1.29, 1.82) is 0 Å². The summed E-state index contributed by atoms with van der Waals surface area (Å²) in [6.45, 7) is 2.33. The van der Waals surface area contributed by atoms with Crippen molar-refractivity contribution in [2.45, 2.75) is 38.6 Å². The van der Waals surface area contributed by atoms with E-state index in [-0.39, 0.29) is 17.7 Å². The number of carbonyl (C=O) groups excluding carboxylic acids is 1. The van der Waals surface area contributed by atoms with Crippen LogP contribution in [0.15, 0.2) is 23.1 Å². The number of thiocarbonyl (C=S) groups is 1. The number of thioether (sulfide) groups is 1. The molecule has 0 spiro atoms.